The summed E-state index contributed by atoms with van der Waals surface area (Å²) in [5.41, 5.74) is 1.20. The van der Waals surface area contributed by atoms with E-state index < -0.39 is 0 Å². The van der Waals surface area contributed by atoms with Gasteiger partial charge in [-0.3, -0.25) is 9.59 Å². The van der Waals surface area contributed by atoms with Crippen LogP contribution in [-0.2, 0) is 4.79 Å². The lowest BCUT2D eigenvalue weighted by Crippen LogP contribution is -2.49. The third kappa shape index (κ3) is 1.73. The quantitative estimate of drug-likeness (QED) is 0.814. The molecule has 0 aliphatic carbocycles. The predicted molar refractivity (Wildman–Crippen MR) is 65.1 cm³/mol. The van der Waals surface area contributed by atoms with Gasteiger partial charge >= 0.3 is 0 Å². The molecular weight excluding hydrogens is 232 g/mol. The van der Waals surface area contributed by atoms with Gasteiger partial charge in [0.1, 0.15) is 11.8 Å². The molecule has 0 radical (unpaired) electrons. The first kappa shape index (κ1) is 10.8. The molecule has 92 valence electrons. The van der Waals surface area contributed by atoms with Crippen LogP contribution in [0.5, 0.6) is 0 Å². The Balaban J connectivity index is 1.94. The van der Waals surface area contributed by atoms with Crippen LogP contribution in [-0.4, -0.2) is 36.3 Å². The molecule has 2 amide bonds. The zero-order valence-corrected chi connectivity index (χ0v) is 9.68. The highest BCUT2D eigenvalue weighted by Crippen LogP contribution is 2.22. The van der Waals surface area contributed by atoms with Crippen LogP contribution in [0.15, 0.2) is 34.9 Å². The van der Waals surface area contributed by atoms with Crippen molar-refractivity contribution < 1.29 is 14.0 Å². The van der Waals surface area contributed by atoms with Crippen molar-refractivity contribution >= 4 is 22.8 Å². The number of benzene rings is 1. The van der Waals surface area contributed by atoms with Crippen molar-refractivity contribution in [2.24, 2.45) is 0 Å². The highest BCUT2D eigenvalue weighted by molar-refractivity contribution is 6.06. The van der Waals surface area contributed by atoms with E-state index in [1.54, 1.807) is 0 Å². The topological polar surface area (TPSA) is 62.6 Å². The maximum absolute atomic E-state index is 12.3. The van der Waals surface area contributed by atoms with Crippen LogP contribution < -0.4 is 5.32 Å². The summed E-state index contributed by atoms with van der Waals surface area (Å²) in [7, 11) is 0. The van der Waals surface area contributed by atoms with E-state index >= 15 is 0 Å². The number of piperazine rings is 1. The fraction of sp³-hybridized carbons (Fsp3) is 0.231. The third-order valence-electron chi connectivity index (χ3n) is 3.04. The molecule has 5 heteroatoms. The number of fused-ring (bicyclic) bond motifs is 1. The number of carbonyl (C=O) groups excluding carboxylic acids is 2. The van der Waals surface area contributed by atoms with Crippen LogP contribution in [0.4, 0.5) is 0 Å². The Morgan fingerprint density at radius 3 is 3.00 bits per heavy atom. The maximum Gasteiger partial charge on any atom is 0.258 e. The smallest absolute Gasteiger partial charge is 0.258 e. The van der Waals surface area contributed by atoms with Crippen LogP contribution in [0.2, 0.25) is 0 Å². The number of amides is 2. The second-order valence-electron chi connectivity index (χ2n) is 4.22. The number of hydrogen-bond donors (Lipinski definition) is 1. The largest absolute Gasteiger partial charge is 0.463 e. The van der Waals surface area contributed by atoms with Crippen LogP contribution in [0.1, 0.15) is 10.4 Å². The van der Waals surface area contributed by atoms with E-state index in [1.807, 2.05) is 24.3 Å². The number of nitrogens with one attached hydrogen (secondary N) is 1. The van der Waals surface area contributed by atoms with Gasteiger partial charge in [-0.2, -0.15) is 0 Å². The summed E-state index contributed by atoms with van der Waals surface area (Å²) in [6.45, 7) is 1.14. The Labute approximate surface area is 103 Å². The summed E-state index contributed by atoms with van der Waals surface area (Å²) < 4.78 is 5.34. The molecule has 5 nitrogen and oxygen atoms in total. The molecule has 0 atom stereocenters. The van der Waals surface area contributed by atoms with E-state index in [0.717, 1.165) is 5.39 Å². The van der Waals surface area contributed by atoms with Crippen molar-refractivity contribution in [3.05, 3.63) is 36.1 Å². The van der Waals surface area contributed by atoms with Gasteiger partial charge in [-0.15, -0.1) is 0 Å². The molecule has 1 N–H and O–H groups in total. The first-order chi connectivity index (χ1) is 8.75. The molecule has 3 rings (SSSR count). The van der Waals surface area contributed by atoms with Crippen LogP contribution in [0.3, 0.4) is 0 Å². The van der Waals surface area contributed by atoms with Gasteiger partial charge in [-0.05, 0) is 6.07 Å². The Kier molecular flexibility index (Phi) is 2.51. The fourth-order valence-corrected chi connectivity index (χ4v) is 2.13. The average molecular weight is 244 g/mol. The van der Waals surface area contributed by atoms with Crippen molar-refractivity contribution in [1.29, 1.82) is 0 Å². The predicted octanol–water partition coefficient (Wildman–Crippen LogP) is 1.00. The second kappa shape index (κ2) is 4.18. The van der Waals surface area contributed by atoms with Crippen molar-refractivity contribution in [3.8, 4) is 0 Å². The van der Waals surface area contributed by atoms with Crippen LogP contribution in [0.25, 0.3) is 11.0 Å². The summed E-state index contributed by atoms with van der Waals surface area (Å²) in [6.07, 6.45) is 1.46. The fourth-order valence-electron chi connectivity index (χ4n) is 2.13. The lowest BCUT2D eigenvalue weighted by atomic mass is 10.1. The molecule has 1 saturated heterocycles. The molecule has 1 aromatic carbocycles. The van der Waals surface area contributed by atoms with E-state index in [2.05, 4.69) is 5.32 Å². The minimum atomic E-state index is -0.158. The molecule has 2 aromatic rings. The van der Waals surface area contributed by atoms with Gasteiger partial charge < -0.3 is 14.6 Å². The summed E-state index contributed by atoms with van der Waals surface area (Å²) in [5, 5.41) is 3.48. The van der Waals surface area contributed by atoms with E-state index in [4.69, 9.17) is 4.42 Å². The second-order valence-corrected chi connectivity index (χ2v) is 4.22. The molecule has 1 aliphatic rings. The zero-order valence-electron chi connectivity index (χ0n) is 9.68. The van der Waals surface area contributed by atoms with E-state index in [0.29, 0.717) is 24.2 Å². The van der Waals surface area contributed by atoms with Gasteiger partial charge in [-0.1, -0.05) is 18.2 Å². The Bertz CT molecular complexity index is 617. The van der Waals surface area contributed by atoms with Crippen molar-refractivity contribution in [2.75, 3.05) is 19.6 Å². The number of nitrogens with zero attached hydrogens (tertiary/aromatic N) is 1. The molecule has 0 spiro atoms. The molecule has 0 unspecified atom stereocenters. The monoisotopic (exact) mass is 244 g/mol. The summed E-state index contributed by atoms with van der Waals surface area (Å²) in [4.78, 5) is 25.1. The molecule has 18 heavy (non-hydrogen) atoms. The first-order valence-electron chi connectivity index (χ1n) is 5.78. The van der Waals surface area contributed by atoms with Gasteiger partial charge in [-0.25, -0.2) is 0 Å². The summed E-state index contributed by atoms with van der Waals surface area (Å²) in [6, 6.07) is 7.37. The molecule has 1 aliphatic heterocycles. The average Bonchev–Trinajstić information content (AvgIpc) is 2.82. The minimum Gasteiger partial charge on any atom is -0.463 e. The summed E-state index contributed by atoms with van der Waals surface area (Å²) in [5.74, 6) is -0.280. The molecule has 1 fully saturated rings. The Morgan fingerprint density at radius 1 is 1.33 bits per heavy atom. The van der Waals surface area contributed by atoms with Crippen molar-refractivity contribution in [3.63, 3.8) is 0 Å². The van der Waals surface area contributed by atoms with Crippen molar-refractivity contribution in [2.45, 2.75) is 0 Å². The molecule has 1 aromatic heterocycles. The van der Waals surface area contributed by atoms with Crippen molar-refractivity contribution in [1.82, 2.24) is 10.2 Å². The van der Waals surface area contributed by atoms with Crippen LogP contribution in [0, 0.1) is 0 Å². The SMILES string of the molecule is O=C1CN(C(=O)c2coc3ccccc23)CCN1. The number of rotatable bonds is 1. The van der Waals surface area contributed by atoms with E-state index in [1.165, 1.54) is 11.2 Å². The molecule has 2 heterocycles. The van der Waals surface area contributed by atoms with Gasteiger partial charge in [0.25, 0.3) is 5.91 Å². The molecular formula is C13H12N2O3. The summed E-state index contributed by atoms with van der Waals surface area (Å²) >= 11 is 0. The number of carbonyl (C=O) groups is 2. The van der Waals surface area contributed by atoms with Gasteiger partial charge in [0.15, 0.2) is 0 Å². The minimum absolute atomic E-state index is 0.109. The van der Waals surface area contributed by atoms with Gasteiger partial charge in [0.2, 0.25) is 5.91 Å². The van der Waals surface area contributed by atoms with Crippen LogP contribution >= 0.6 is 0 Å². The van der Waals surface area contributed by atoms with E-state index in [9.17, 15) is 9.59 Å². The lowest BCUT2D eigenvalue weighted by Gasteiger charge is -2.26. The Morgan fingerprint density at radius 2 is 2.17 bits per heavy atom. The number of hydrogen-bond acceptors (Lipinski definition) is 3. The van der Waals surface area contributed by atoms with Gasteiger partial charge in [0.05, 0.1) is 12.1 Å². The molecule has 0 bridgehead atoms. The Hall–Kier alpha value is -2.30. The normalized spacial score (nSPS) is 15.8. The highest BCUT2D eigenvalue weighted by atomic mass is 16.3. The maximum atomic E-state index is 12.3. The van der Waals surface area contributed by atoms with E-state index in [-0.39, 0.29) is 18.4 Å². The first-order valence-corrected chi connectivity index (χ1v) is 5.78. The number of furan rings is 1. The highest BCUT2D eigenvalue weighted by Gasteiger charge is 2.24. The molecule has 0 saturated carbocycles. The third-order valence-corrected chi connectivity index (χ3v) is 3.04. The number of para-hydroxylation sites is 1. The standard InChI is InChI=1S/C13H12N2O3/c16-12-7-15(6-5-14-12)13(17)10-8-18-11-4-2-1-3-9(10)11/h1-4,8H,5-7H2,(H,14,16). The lowest BCUT2D eigenvalue weighted by molar-refractivity contribution is -0.123. The zero-order chi connectivity index (χ0) is 12.5. The van der Waals surface area contributed by atoms with Gasteiger partial charge in [0, 0.05) is 18.5 Å².